The number of aromatic amines is 1. The molecule has 2 aromatic carbocycles. The number of hydrogen-bond donors (Lipinski definition) is 2. The number of aromatic nitrogens is 2. The van der Waals surface area contributed by atoms with Crippen molar-refractivity contribution in [3.63, 3.8) is 0 Å². The summed E-state index contributed by atoms with van der Waals surface area (Å²) in [7, 11) is 0. The van der Waals surface area contributed by atoms with Gasteiger partial charge in [0.25, 0.3) is 0 Å². The van der Waals surface area contributed by atoms with E-state index in [4.69, 9.17) is 0 Å². The van der Waals surface area contributed by atoms with Crippen molar-refractivity contribution < 1.29 is 5.11 Å². The molecule has 1 aromatic heterocycles. The molecule has 3 aromatic rings. The Hall–Kier alpha value is -2.88. The highest BCUT2D eigenvalue weighted by molar-refractivity contribution is 5.88. The Kier molecular flexibility index (Phi) is 3.05. The van der Waals surface area contributed by atoms with E-state index in [0.717, 1.165) is 10.8 Å². The maximum Gasteiger partial charge on any atom is 0.345 e. The van der Waals surface area contributed by atoms with Gasteiger partial charge in [0.15, 0.2) is 0 Å². The molecular formula is C16H12N2O2. The summed E-state index contributed by atoms with van der Waals surface area (Å²) in [6.45, 7) is 0. The van der Waals surface area contributed by atoms with E-state index in [2.05, 4.69) is 9.97 Å². The molecule has 0 unspecified atom stereocenters. The molecular weight excluding hydrogens is 252 g/mol. The van der Waals surface area contributed by atoms with E-state index >= 15 is 0 Å². The molecule has 1 heterocycles. The SMILES string of the molecule is O=c1nc(/C=C/c2cc3ccccc3cc2O)cc[nH]1. The van der Waals surface area contributed by atoms with Crippen molar-refractivity contribution in [2.24, 2.45) is 0 Å². The molecule has 0 atom stereocenters. The Morgan fingerprint density at radius 1 is 1.05 bits per heavy atom. The molecule has 0 saturated heterocycles. The summed E-state index contributed by atoms with van der Waals surface area (Å²) in [6.07, 6.45) is 4.97. The van der Waals surface area contributed by atoms with Crippen LogP contribution in [-0.4, -0.2) is 15.1 Å². The minimum Gasteiger partial charge on any atom is -0.507 e. The molecule has 0 aliphatic carbocycles. The molecule has 0 bridgehead atoms. The average Bonchev–Trinajstić information content (AvgIpc) is 2.45. The van der Waals surface area contributed by atoms with Gasteiger partial charge in [-0.05, 0) is 41.1 Å². The van der Waals surface area contributed by atoms with E-state index in [1.165, 1.54) is 6.20 Å². The third kappa shape index (κ3) is 2.44. The van der Waals surface area contributed by atoms with E-state index in [1.807, 2.05) is 30.3 Å². The molecule has 0 aliphatic rings. The zero-order valence-electron chi connectivity index (χ0n) is 10.6. The molecule has 0 saturated carbocycles. The summed E-state index contributed by atoms with van der Waals surface area (Å²) in [5, 5.41) is 12.0. The van der Waals surface area contributed by atoms with Gasteiger partial charge in [-0.2, -0.15) is 4.98 Å². The van der Waals surface area contributed by atoms with Crippen molar-refractivity contribution in [3.05, 3.63) is 70.4 Å². The number of nitrogens with one attached hydrogen (secondary N) is 1. The third-order valence-corrected chi connectivity index (χ3v) is 3.02. The van der Waals surface area contributed by atoms with E-state index < -0.39 is 5.69 Å². The number of H-pyrrole nitrogens is 1. The Balaban J connectivity index is 2.02. The van der Waals surface area contributed by atoms with Crippen LogP contribution in [-0.2, 0) is 0 Å². The highest BCUT2D eigenvalue weighted by Gasteiger charge is 2.01. The zero-order chi connectivity index (χ0) is 13.9. The van der Waals surface area contributed by atoms with Crippen LogP contribution in [0.3, 0.4) is 0 Å². The molecule has 3 rings (SSSR count). The van der Waals surface area contributed by atoms with Crippen molar-refractivity contribution in [3.8, 4) is 5.75 Å². The molecule has 4 nitrogen and oxygen atoms in total. The minimum atomic E-state index is -0.394. The standard InChI is InChI=1S/C16H12N2O2/c19-15-10-12-4-2-1-3-11(12)9-13(15)5-6-14-7-8-17-16(20)18-14/h1-10,19H,(H,17,18,20)/b6-5+. The van der Waals surface area contributed by atoms with Crippen molar-refractivity contribution in [2.45, 2.75) is 0 Å². The molecule has 4 heteroatoms. The molecule has 98 valence electrons. The maximum absolute atomic E-state index is 11.1. The summed E-state index contributed by atoms with van der Waals surface area (Å²) in [5.74, 6) is 0.199. The van der Waals surface area contributed by atoms with Gasteiger partial charge >= 0.3 is 5.69 Å². The Morgan fingerprint density at radius 3 is 2.55 bits per heavy atom. The van der Waals surface area contributed by atoms with Gasteiger partial charge in [-0.3, -0.25) is 0 Å². The summed E-state index contributed by atoms with van der Waals surface area (Å²) >= 11 is 0. The smallest absolute Gasteiger partial charge is 0.345 e. The fourth-order valence-corrected chi connectivity index (χ4v) is 2.03. The van der Waals surface area contributed by atoms with Crippen molar-refractivity contribution >= 4 is 22.9 Å². The van der Waals surface area contributed by atoms with E-state index in [1.54, 1.807) is 24.3 Å². The first-order chi connectivity index (χ1) is 9.72. The molecule has 0 radical (unpaired) electrons. The van der Waals surface area contributed by atoms with Gasteiger partial charge in [0, 0.05) is 11.8 Å². The van der Waals surface area contributed by atoms with Crippen LogP contribution < -0.4 is 5.69 Å². The van der Waals surface area contributed by atoms with Crippen LogP contribution in [0.5, 0.6) is 5.75 Å². The average molecular weight is 264 g/mol. The fraction of sp³-hybridized carbons (Fsp3) is 0. The first-order valence-electron chi connectivity index (χ1n) is 6.18. The Labute approximate surface area is 115 Å². The second-order valence-corrected chi connectivity index (χ2v) is 4.41. The molecule has 0 spiro atoms. The lowest BCUT2D eigenvalue weighted by molar-refractivity contribution is 0.475. The van der Waals surface area contributed by atoms with Crippen molar-refractivity contribution in [1.29, 1.82) is 0 Å². The van der Waals surface area contributed by atoms with Crippen molar-refractivity contribution in [1.82, 2.24) is 9.97 Å². The van der Waals surface area contributed by atoms with Gasteiger partial charge in [0.05, 0.1) is 5.69 Å². The summed E-state index contributed by atoms with van der Waals surface area (Å²) < 4.78 is 0. The molecule has 0 fully saturated rings. The van der Waals surface area contributed by atoms with Crippen LogP contribution in [0.2, 0.25) is 0 Å². The van der Waals surface area contributed by atoms with E-state index in [9.17, 15) is 9.90 Å². The van der Waals surface area contributed by atoms with Gasteiger partial charge in [-0.25, -0.2) is 4.79 Å². The first-order valence-corrected chi connectivity index (χ1v) is 6.18. The van der Waals surface area contributed by atoms with Crippen LogP contribution >= 0.6 is 0 Å². The van der Waals surface area contributed by atoms with Crippen LogP contribution in [0.4, 0.5) is 0 Å². The topological polar surface area (TPSA) is 66.0 Å². The number of benzene rings is 2. The monoisotopic (exact) mass is 264 g/mol. The third-order valence-electron chi connectivity index (χ3n) is 3.02. The van der Waals surface area contributed by atoms with Crippen LogP contribution in [0.25, 0.3) is 22.9 Å². The largest absolute Gasteiger partial charge is 0.507 e. The number of hydrogen-bond acceptors (Lipinski definition) is 3. The second kappa shape index (κ2) is 5.01. The quantitative estimate of drug-likeness (QED) is 0.748. The molecule has 0 amide bonds. The number of aromatic hydroxyl groups is 1. The van der Waals surface area contributed by atoms with Crippen molar-refractivity contribution in [2.75, 3.05) is 0 Å². The van der Waals surface area contributed by atoms with Gasteiger partial charge in [-0.15, -0.1) is 0 Å². The second-order valence-electron chi connectivity index (χ2n) is 4.41. The Morgan fingerprint density at radius 2 is 1.80 bits per heavy atom. The van der Waals surface area contributed by atoms with Gasteiger partial charge in [-0.1, -0.05) is 24.3 Å². The highest BCUT2D eigenvalue weighted by Crippen LogP contribution is 2.26. The predicted octanol–water partition coefficient (Wildman–Crippen LogP) is 2.80. The lowest BCUT2D eigenvalue weighted by Crippen LogP contribution is -2.09. The predicted molar refractivity (Wildman–Crippen MR) is 79.4 cm³/mol. The lowest BCUT2D eigenvalue weighted by Gasteiger charge is -2.03. The summed E-state index contributed by atoms with van der Waals surface area (Å²) in [6, 6.07) is 13.1. The molecule has 2 N–H and O–H groups in total. The number of phenols is 1. The molecule has 0 aliphatic heterocycles. The lowest BCUT2D eigenvalue weighted by atomic mass is 10.1. The summed E-state index contributed by atoms with van der Waals surface area (Å²) in [5.41, 5.74) is 0.835. The highest BCUT2D eigenvalue weighted by atomic mass is 16.3. The number of nitrogens with zero attached hydrogens (tertiary/aromatic N) is 1. The van der Waals surface area contributed by atoms with Crippen LogP contribution in [0, 0.1) is 0 Å². The normalized spacial score (nSPS) is 11.2. The maximum atomic E-state index is 11.1. The number of rotatable bonds is 2. The Bertz CT molecular complexity index is 850. The van der Waals surface area contributed by atoms with E-state index in [-0.39, 0.29) is 5.75 Å². The van der Waals surface area contributed by atoms with E-state index in [0.29, 0.717) is 11.3 Å². The fourth-order valence-electron chi connectivity index (χ4n) is 2.03. The summed E-state index contributed by atoms with van der Waals surface area (Å²) in [4.78, 5) is 17.3. The minimum absolute atomic E-state index is 0.199. The van der Waals surface area contributed by atoms with Gasteiger partial charge in [0.1, 0.15) is 5.75 Å². The number of phenolic OH excluding ortho intramolecular Hbond substituents is 1. The van der Waals surface area contributed by atoms with Crippen LogP contribution in [0.1, 0.15) is 11.3 Å². The van der Waals surface area contributed by atoms with Crippen LogP contribution in [0.15, 0.2) is 53.5 Å². The zero-order valence-corrected chi connectivity index (χ0v) is 10.6. The first kappa shape index (κ1) is 12.2. The van der Waals surface area contributed by atoms with Gasteiger partial charge in [0.2, 0.25) is 0 Å². The number of fused-ring (bicyclic) bond motifs is 1. The molecule has 20 heavy (non-hydrogen) atoms. The van der Waals surface area contributed by atoms with Gasteiger partial charge < -0.3 is 10.1 Å².